The van der Waals surface area contributed by atoms with Crippen LogP contribution in [0.2, 0.25) is 0 Å². The summed E-state index contributed by atoms with van der Waals surface area (Å²) in [7, 11) is 0. The summed E-state index contributed by atoms with van der Waals surface area (Å²) in [5, 5.41) is 3.18. The van der Waals surface area contributed by atoms with E-state index in [9.17, 15) is 4.79 Å². The molecule has 0 unspecified atom stereocenters. The number of nitrogens with zero attached hydrogens (tertiary/aromatic N) is 2. The highest BCUT2D eigenvalue weighted by Crippen LogP contribution is 2.23. The number of amides is 1. The highest BCUT2D eigenvalue weighted by atomic mass is 16.5. The molecule has 0 bridgehead atoms. The summed E-state index contributed by atoms with van der Waals surface area (Å²) in [6, 6.07) is 8.35. The first-order valence-electron chi connectivity index (χ1n) is 9.23. The van der Waals surface area contributed by atoms with Crippen molar-refractivity contribution in [1.29, 1.82) is 0 Å². The minimum atomic E-state index is -0.785. The number of benzene rings is 1. The van der Waals surface area contributed by atoms with E-state index in [1.165, 1.54) is 12.8 Å². The summed E-state index contributed by atoms with van der Waals surface area (Å²) in [5.41, 5.74) is 1.24. The largest absolute Gasteiger partial charge is 0.363 e. The van der Waals surface area contributed by atoms with Gasteiger partial charge in [0.1, 0.15) is 5.82 Å². The standard InChI is InChI=1S/C19H26N4O2/c1-19(18(24)20-14-6-2-3-7-14)13-23(10-11-25-19)12-17-21-15-8-4-5-9-16(15)22-17/h4-5,8-9,14H,2-3,6-7,10-13H2,1H3,(H,20,24)(H,21,22)/t19-/m1/s1. The van der Waals surface area contributed by atoms with Crippen LogP contribution in [0.3, 0.4) is 0 Å². The molecular weight excluding hydrogens is 316 g/mol. The van der Waals surface area contributed by atoms with E-state index < -0.39 is 5.60 Å². The lowest BCUT2D eigenvalue weighted by molar-refractivity contribution is -0.157. The summed E-state index contributed by atoms with van der Waals surface area (Å²) in [4.78, 5) is 23.0. The Kier molecular flexibility index (Phi) is 4.48. The van der Waals surface area contributed by atoms with Gasteiger partial charge in [0.25, 0.3) is 5.91 Å². The monoisotopic (exact) mass is 342 g/mol. The second-order valence-electron chi connectivity index (χ2n) is 7.45. The van der Waals surface area contributed by atoms with Crippen LogP contribution in [0, 0.1) is 0 Å². The fraction of sp³-hybridized carbons (Fsp3) is 0.579. The number of carbonyl (C=O) groups is 1. The van der Waals surface area contributed by atoms with Gasteiger partial charge in [0, 0.05) is 19.1 Å². The van der Waals surface area contributed by atoms with Crippen molar-refractivity contribution in [2.45, 2.75) is 50.8 Å². The molecule has 2 aromatic rings. The Hall–Kier alpha value is -1.92. The molecule has 25 heavy (non-hydrogen) atoms. The van der Waals surface area contributed by atoms with Crippen molar-refractivity contribution in [2.24, 2.45) is 0 Å². The van der Waals surface area contributed by atoms with E-state index in [0.29, 0.717) is 25.7 Å². The zero-order chi connectivity index (χ0) is 17.3. The lowest BCUT2D eigenvalue weighted by Crippen LogP contribution is -2.59. The van der Waals surface area contributed by atoms with Gasteiger partial charge in [0.15, 0.2) is 5.60 Å². The van der Waals surface area contributed by atoms with Crippen LogP contribution in [0.4, 0.5) is 0 Å². The molecule has 1 saturated heterocycles. The van der Waals surface area contributed by atoms with Crippen molar-refractivity contribution in [2.75, 3.05) is 19.7 Å². The first kappa shape index (κ1) is 16.5. The van der Waals surface area contributed by atoms with Gasteiger partial charge in [-0.3, -0.25) is 9.69 Å². The third-order valence-electron chi connectivity index (χ3n) is 5.34. The molecule has 2 aliphatic rings. The van der Waals surface area contributed by atoms with Gasteiger partial charge in [-0.2, -0.15) is 0 Å². The molecule has 134 valence electrons. The minimum Gasteiger partial charge on any atom is -0.363 e. The van der Waals surface area contributed by atoms with Gasteiger partial charge < -0.3 is 15.0 Å². The quantitative estimate of drug-likeness (QED) is 0.894. The number of hydrogen-bond donors (Lipinski definition) is 2. The number of imidazole rings is 1. The fourth-order valence-corrected chi connectivity index (χ4v) is 3.92. The number of fused-ring (bicyclic) bond motifs is 1. The van der Waals surface area contributed by atoms with Gasteiger partial charge >= 0.3 is 0 Å². The molecule has 1 atom stereocenters. The number of nitrogens with one attached hydrogen (secondary N) is 2. The van der Waals surface area contributed by atoms with E-state index in [4.69, 9.17) is 4.74 Å². The molecular formula is C19H26N4O2. The maximum atomic E-state index is 12.7. The predicted octanol–water partition coefficient (Wildman–Crippen LogP) is 2.21. The molecule has 1 saturated carbocycles. The van der Waals surface area contributed by atoms with Crippen LogP contribution in [0.25, 0.3) is 11.0 Å². The van der Waals surface area contributed by atoms with Crippen molar-refractivity contribution < 1.29 is 9.53 Å². The van der Waals surface area contributed by atoms with E-state index in [0.717, 1.165) is 36.2 Å². The lowest BCUT2D eigenvalue weighted by atomic mass is 10.0. The van der Waals surface area contributed by atoms with E-state index in [1.54, 1.807) is 0 Å². The van der Waals surface area contributed by atoms with Crippen LogP contribution in [-0.2, 0) is 16.1 Å². The molecule has 0 radical (unpaired) electrons. The topological polar surface area (TPSA) is 70.2 Å². The Balaban J connectivity index is 1.41. The highest BCUT2D eigenvalue weighted by molar-refractivity contribution is 5.85. The molecule has 1 aliphatic heterocycles. The summed E-state index contributed by atoms with van der Waals surface area (Å²) < 4.78 is 5.88. The van der Waals surface area contributed by atoms with E-state index in [-0.39, 0.29) is 5.91 Å². The Morgan fingerprint density at radius 3 is 3.00 bits per heavy atom. The smallest absolute Gasteiger partial charge is 0.253 e. The Morgan fingerprint density at radius 1 is 1.40 bits per heavy atom. The number of aromatic amines is 1. The van der Waals surface area contributed by atoms with Crippen molar-refractivity contribution in [3.05, 3.63) is 30.1 Å². The lowest BCUT2D eigenvalue weighted by Gasteiger charge is -2.39. The minimum absolute atomic E-state index is 0.0220. The molecule has 1 amide bonds. The third-order valence-corrected chi connectivity index (χ3v) is 5.34. The van der Waals surface area contributed by atoms with Gasteiger partial charge in [-0.1, -0.05) is 25.0 Å². The van der Waals surface area contributed by atoms with Crippen LogP contribution in [0.5, 0.6) is 0 Å². The van der Waals surface area contributed by atoms with Crippen molar-refractivity contribution in [3.8, 4) is 0 Å². The van der Waals surface area contributed by atoms with Crippen LogP contribution in [0.15, 0.2) is 24.3 Å². The van der Waals surface area contributed by atoms with Gasteiger partial charge in [-0.25, -0.2) is 4.98 Å². The van der Waals surface area contributed by atoms with Crippen molar-refractivity contribution in [3.63, 3.8) is 0 Å². The predicted molar refractivity (Wildman–Crippen MR) is 96.1 cm³/mol. The fourth-order valence-electron chi connectivity index (χ4n) is 3.92. The molecule has 6 nitrogen and oxygen atoms in total. The number of carbonyl (C=O) groups excluding carboxylic acids is 1. The average molecular weight is 342 g/mol. The second kappa shape index (κ2) is 6.77. The molecule has 4 rings (SSSR count). The molecule has 1 aromatic heterocycles. The zero-order valence-electron chi connectivity index (χ0n) is 14.8. The molecule has 2 fully saturated rings. The molecule has 2 heterocycles. The average Bonchev–Trinajstić information content (AvgIpc) is 3.23. The first-order chi connectivity index (χ1) is 12.1. The van der Waals surface area contributed by atoms with Gasteiger partial charge in [-0.15, -0.1) is 0 Å². The van der Waals surface area contributed by atoms with Crippen LogP contribution < -0.4 is 5.32 Å². The normalized spacial score (nSPS) is 25.5. The molecule has 6 heteroatoms. The molecule has 1 aromatic carbocycles. The van der Waals surface area contributed by atoms with Gasteiger partial charge in [0.05, 0.1) is 24.2 Å². The summed E-state index contributed by atoms with van der Waals surface area (Å²) in [6.45, 7) is 4.56. The van der Waals surface area contributed by atoms with Crippen LogP contribution in [-0.4, -0.2) is 52.1 Å². The maximum Gasteiger partial charge on any atom is 0.253 e. The Labute approximate surface area is 147 Å². The summed E-state index contributed by atoms with van der Waals surface area (Å²) in [6.07, 6.45) is 4.59. The molecule has 0 spiro atoms. The number of para-hydroxylation sites is 2. The maximum absolute atomic E-state index is 12.7. The highest BCUT2D eigenvalue weighted by Gasteiger charge is 2.40. The number of hydrogen-bond acceptors (Lipinski definition) is 4. The first-order valence-corrected chi connectivity index (χ1v) is 9.23. The number of rotatable bonds is 4. The zero-order valence-corrected chi connectivity index (χ0v) is 14.8. The van der Waals surface area contributed by atoms with Gasteiger partial charge in [-0.05, 0) is 31.9 Å². The Bertz CT molecular complexity index is 720. The van der Waals surface area contributed by atoms with Crippen molar-refractivity contribution >= 4 is 16.9 Å². The van der Waals surface area contributed by atoms with Crippen LogP contribution >= 0.6 is 0 Å². The number of H-pyrrole nitrogens is 1. The molecule has 1 aliphatic carbocycles. The van der Waals surface area contributed by atoms with Gasteiger partial charge in [0.2, 0.25) is 0 Å². The number of morpholine rings is 1. The van der Waals surface area contributed by atoms with E-state index >= 15 is 0 Å². The summed E-state index contributed by atoms with van der Waals surface area (Å²) in [5.74, 6) is 0.954. The van der Waals surface area contributed by atoms with E-state index in [2.05, 4.69) is 20.2 Å². The summed E-state index contributed by atoms with van der Waals surface area (Å²) >= 11 is 0. The SMILES string of the molecule is C[C@]1(C(=O)NC2CCCC2)CN(Cc2nc3ccccc3[nH]2)CCO1. The third kappa shape index (κ3) is 3.55. The van der Waals surface area contributed by atoms with Crippen molar-refractivity contribution in [1.82, 2.24) is 20.2 Å². The van der Waals surface area contributed by atoms with E-state index in [1.807, 2.05) is 31.2 Å². The Morgan fingerprint density at radius 2 is 2.20 bits per heavy atom. The number of aromatic nitrogens is 2. The molecule has 2 N–H and O–H groups in total. The van der Waals surface area contributed by atoms with Crippen LogP contribution in [0.1, 0.15) is 38.4 Å². The number of ether oxygens (including phenoxy) is 1. The second-order valence-corrected chi connectivity index (χ2v) is 7.45.